The van der Waals surface area contributed by atoms with E-state index in [2.05, 4.69) is 0 Å². The lowest BCUT2D eigenvalue weighted by atomic mass is 9.94. The Morgan fingerprint density at radius 3 is 2.11 bits per heavy atom. The number of aliphatic hydroxyl groups excluding tert-OH is 2. The Morgan fingerprint density at radius 1 is 0.833 bits per heavy atom. The van der Waals surface area contributed by atoms with Crippen LogP contribution in [-0.2, 0) is 0 Å². The van der Waals surface area contributed by atoms with Crippen molar-refractivity contribution in [2.75, 3.05) is 0 Å². The molecule has 0 bridgehead atoms. The van der Waals surface area contributed by atoms with Crippen molar-refractivity contribution in [3.63, 3.8) is 0 Å². The second kappa shape index (κ2) is 5.34. The van der Waals surface area contributed by atoms with E-state index < -0.39 is 12.2 Å². The van der Waals surface area contributed by atoms with Crippen LogP contribution in [0.3, 0.4) is 0 Å². The molecule has 0 saturated carbocycles. The number of aliphatic hydroxyl groups is 2. The van der Waals surface area contributed by atoms with Crippen LogP contribution in [0.4, 0.5) is 0 Å². The summed E-state index contributed by atoms with van der Waals surface area (Å²) in [5.41, 5.74) is 3.65. The molecule has 0 saturated heterocycles. The van der Waals surface area contributed by atoms with E-state index in [0.29, 0.717) is 0 Å². The van der Waals surface area contributed by atoms with Gasteiger partial charge in [-0.25, -0.2) is 0 Å². The molecule has 0 amide bonds. The van der Waals surface area contributed by atoms with Gasteiger partial charge in [0.15, 0.2) is 0 Å². The summed E-state index contributed by atoms with van der Waals surface area (Å²) in [5.74, 6) is 0. The van der Waals surface area contributed by atoms with Crippen molar-refractivity contribution in [1.29, 1.82) is 0 Å². The standard InChI is InChI=1S/C16H18O2/c1-11-8-9-14(12(2)10-11)16(18)15(17)13-6-4-3-5-7-13/h3-10,15-18H,1-2H3. The van der Waals surface area contributed by atoms with E-state index in [1.54, 1.807) is 0 Å². The minimum Gasteiger partial charge on any atom is -0.385 e. The monoisotopic (exact) mass is 242 g/mol. The SMILES string of the molecule is Cc1ccc(C(O)C(O)c2ccccc2)c(C)c1. The van der Waals surface area contributed by atoms with Crippen LogP contribution in [0.15, 0.2) is 48.5 Å². The number of hydrogen-bond acceptors (Lipinski definition) is 2. The first-order valence-corrected chi connectivity index (χ1v) is 6.08. The van der Waals surface area contributed by atoms with Crippen molar-refractivity contribution in [3.05, 3.63) is 70.8 Å². The van der Waals surface area contributed by atoms with Gasteiger partial charge in [-0.15, -0.1) is 0 Å². The Morgan fingerprint density at radius 2 is 1.50 bits per heavy atom. The molecule has 0 aliphatic heterocycles. The fraction of sp³-hybridized carbons (Fsp3) is 0.250. The molecule has 0 aromatic heterocycles. The average molecular weight is 242 g/mol. The van der Waals surface area contributed by atoms with E-state index in [0.717, 1.165) is 22.3 Å². The average Bonchev–Trinajstić information content (AvgIpc) is 2.38. The molecule has 0 radical (unpaired) electrons. The van der Waals surface area contributed by atoms with E-state index in [-0.39, 0.29) is 0 Å². The summed E-state index contributed by atoms with van der Waals surface area (Å²) in [6, 6.07) is 15.1. The van der Waals surface area contributed by atoms with E-state index >= 15 is 0 Å². The molecule has 0 spiro atoms. The predicted molar refractivity (Wildman–Crippen MR) is 72.3 cm³/mol. The minimum atomic E-state index is -0.896. The van der Waals surface area contributed by atoms with Crippen molar-refractivity contribution >= 4 is 0 Å². The molecule has 2 aromatic carbocycles. The van der Waals surface area contributed by atoms with Gasteiger partial charge in [-0.05, 0) is 30.5 Å². The van der Waals surface area contributed by atoms with Crippen LogP contribution in [0.25, 0.3) is 0 Å². The summed E-state index contributed by atoms with van der Waals surface area (Å²) in [6.07, 6.45) is -1.79. The molecule has 2 unspecified atom stereocenters. The summed E-state index contributed by atoms with van der Waals surface area (Å²) < 4.78 is 0. The summed E-state index contributed by atoms with van der Waals surface area (Å²) in [4.78, 5) is 0. The molecular formula is C16H18O2. The van der Waals surface area contributed by atoms with Crippen molar-refractivity contribution in [1.82, 2.24) is 0 Å². The normalized spacial score (nSPS) is 14.2. The molecule has 2 rings (SSSR count). The van der Waals surface area contributed by atoms with Gasteiger partial charge in [0.1, 0.15) is 12.2 Å². The summed E-state index contributed by atoms with van der Waals surface area (Å²) >= 11 is 0. The molecule has 0 fully saturated rings. The largest absolute Gasteiger partial charge is 0.385 e. The fourth-order valence-corrected chi connectivity index (χ4v) is 2.16. The van der Waals surface area contributed by atoms with E-state index in [4.69, 9.17) is 0 Å². The highest BCUT2D eigenvalue weighted by molar-refractivity contribution is 5.34. The first-order valence-electron chi connectivity index (χ1n) is 6.08. The van der Waals surface area contributed by atoms with Gasteiger partial charge in [0, 0.05) is 0 Å². The topological polar surface area (TPSA) is 40.5 Å². The van der Waals surface area contributed by atoms with Crippen molar-refractivity contribution in [3.8, 4) is 0 Å². The molecule has 2 atom stereocenters. The predicted octanol–water partition coefficient (Wildman–Crippen LogP) is 3.07. The van der Waals surface area contributed by atoms with Crippen molar-refractivity contribution in [2.45, 2.75) is 26.1 Å². The zero-order chi connectivity index (χ0) is 13.1. The minimum absolute atomic E-state index is 0.727. The molecule has 0 aliphatic carbocycles. The van der Waals surface area contributed by atoms with Crippen LogP contribution >= 0.6 is 0 Å². The van der Waals surface area contributed by atoms with Gasteiger partial charge in [0.25, 0.3) is 0 Å². The lowest BCUT2D eigenvalue weighted by Gasteiger charge is -2.20. The highest BCUT2D eigenvalue weighted by Gasteiger charge is 2.21. The van der Waals surface area contributed by atoms with Crippen LogP contribution in [0.5, 0.6) is 0 Å². The third kappa shape index (κ3) is 2.61. The highest BCUT2D eigenvalue weighted by Crippen LogP contribution is 2.30. The van der Waals surface area contributed by atoms with Gasteiger partial charge >= 0.3 is 0 Å². The zero-order valence-corrected chi connectivity index (χ0v) is 10.7. The maximum absolute atomic E-state index is 10.3. The van der Waals surface area contributed by atoms with E-state index in [1.165, 1.54) is 0 Å². The Hall–Kier alpha value is -1.64. The van der Waals surface area contributed by atoms with Crippen molar-refractivity contribution < 1.29 is 10.2 Å². The molecule has 18 heavy (non-hydrogen) atoms. The Labute approximate surface area is 108 Å². The smallest absolute Gasteiger partial charge is 0.109 e. The lowest BCUT2D eigenvalue weighted by Crippen LogP contribution is -2.11. The van der Waals surface area contributed by atoms with Crippen LogP contribution < -0.4 is 0 Å². The van der Waals surface area contributed by atoms with Crippen LogP contribution in [0.1, 0.15) is 34.5 Å². The quantitative estimate of drug-likeness (QED) is 0.868. The maximum atomic E-state index is 10.3. The third-order valence-electron chi connectivity index (χ3n) is 3.18. The maximum Gasteiger partial charge on any atom is 0.109 e. The van der Waals surface area contributed by atoms with Gasteiger partial charge in [-0.3, -0.25) is 0 Å². The third-order valence-corrected chi connectivity index (χ3v) is 3.18. The van der Waals surface area contributed by atoms with Gasteiger partial charge in [-0.1, -0.05) is 54.1 Å². The first-order chi connectivity index (χ1) is 8.59. The molecule has 2 nitrogen and oxygen atoms in total. The summed E-state index contributed by atoms with van der Waals surface area (Å²) in [7, 11) is 0. The second-order valence-electron chi connectivity index (χ2n) is 4.66. The lowest BCUT2D eigenvalue weighted by molar-refractivity contribution is 0.0168. The molecule has 0 aliphatic rings. The molecule has 2 heteroatoms. The van der Waals surface area contributed by atoms with E-state index in [1.807, 2.05) is 62.4 Å². The fourth-order valence-electron chi connectivity index (χ4n) is 2.16. The first kappa shape index (κ1) is 12.8. The summed E-state index contributed by atoms with van der Waals surface area (Å²) in [5, 5.41) is 20.5. The molecule has 2 aromatic rings. The molecule has 2 N–H and O–H groups in total. The highest BCUT2D eigenvalue weighted by atomic mass is 16.3. The van der Waals surface area contributed by atoms with Gasteiger partial charge < -0.3 is 10.2 Å². The Kier molecular flexibility index (Phi) is 3.80. The van der Waals surface area contributed by atoms with Crippen molar-refractivity contribution in [2.24, 2.45) is 0 Å². The number of rotatable bonds is 3. The number of benzene rings is 2. The van der Waals surface area contributed by atoms with Gasteiger partial charge in [0.05, 0.1) is 0 Å². The van der Waals surface area contributed by atoms with Crippen LogP contribution in [-0.4, -0.2) is 10.2 Å². The second-order valence-corrected chi connectivity index (χ2v) is 4.66. The Balaban J connectivity index is 2.28. The van der Waals surface area contributed by atoms with Crippen LogP contribution in [0, 0.1) is 13.8 Å². The molecular weight excluding hydrogens is 224 g/mol. The number of hydrogen-bond donors (Lipinski definition) is 2. The van der Waals surface area contributed by atoms with Gasteiger partial charge in [-0.2, -0.15) is 0 Å². The molecule has 94 valence electrons. The van der Waals surface area contributed by atoms with Crippen LogP contribution in [0.2, 0.25) is 0 Å². The summed E-state index contributed by atoms with van der Waals surface area (Å²) in [6.45, 7) is 3.96. The number of aryl methyl sites for hydroxylation is 2. The van der Waals surface area contributed by atoms with Gasteiger partial charge in [0.2, 0.25) is 0 Å². The zero-order valence-electron chi connectivity index (χ0n) is 10.7. The van der Waals surface area contributed by atoms with E-state index in [9.17, 15) is 10.2 Å². The molecule has 0 heterocycles. The Bertz CT molecular complexity index is 520.